The molecule has 70 valence electrons. The first kappa shape index (κ1) is 12.9. The molecule has 0 aliphatic heterocycles. The van der Waals surface area contributed by atoms with Gasteiger partial charge in [0.25, 0.3) is 0 Å². The first-order valence-electron chi connectivity index (χ1n) is 4.65. The van der Waals surface area contributed by atoms with Gasteiger partial charge in [-0.05, 0) is 12.0 Å². The van der Waals surface area contributed by atoms with Gasteiger partial charge in [-0.3, -0.25) is 0 Å². The van der Waals surface area contributed by atoms with Crippen LogP contribution in [0.5, 0.6) is 5.75 Å². The zero-order chi connectivity index (χ0) is 9.80. The summed E-state index contributed by atoms with van der Waals surface area (Å²) in [7, 11) is 0. The quantitative estimate of drug-likeness (QED) is 0.620. The average Bonchev–Trinajstić information content (AvgIpc) is 2.23. The van der Waals surface area contributed by atoms with E-state index >= 15 is 0 Å². The molecule has 0 bridgehead atoms. The summed E-state index contributed by atoms with van der Waals surface area (Å²) in [4.78, 5) is 0. The van der Waals surface area contributed by atoms with Crippen molar-refractivity contribution in [3.05, 3.63) is 65.7 Å². The molecule has 0 aliphatic carbocycles. The van der Waals surface area contributed by atoms with Crippen LogP contribution in [0.15, 0.2) is 54.6 Å². The van der Waals surface area contributed by atoms with Gasteiger partial charge in [0.1, 0.15) is 0 Å². The van der Waals surface area contributed by atoms with Crippen molar-refractivity contribution in [3.8, 4) is 5.75 Å². The van der Waals surface area contributed by atoms with Gasteiger partial charge in [0, 0.05) is 0 Å². The molecule has 0 heterocycles. The van der Waals surface area contributed by atoms with Crippen LogP contribution in [0.1, 0.15) is 11.1 Å². The van der Waals surface area contributed by atoms with Crippen LogP contribution < -0.4 is 56.5 Å². The number of hydrogen-bond donors (Lipinski definition) is 0. The summed E-state index contributed by atoms with van der Waals surface area (Å²) in [5, 5.41) is 11.4. The van der Waals surface area contributed by atoms with Crippen molar-refractivity contribution in [2.45, 2.75) is 6.42 Å². The van der Waals surface area contributed by atoms with Gasteiger partial charge in [-0.25, -0.2) is 0 Å². The van der Waals surface area contributed by atoms with Gasteiger partial charge in [-0.15, -0.1) is 5.75 Å². The molecule has 2 aromatic carbocycles. The summed E-state index contributed by atoms with van der Waals surface area (Å²) in [6, 6.07) is 17.2. The molecule has 15 heavy (non-hydrogen) atoms. The third-order valence-corrected chi connectivity index (χ3v) is 2.21. The van der Waals surface area contributed by atoms with Crippen LogP contribution in [0, 0.1) is 0 Å². The van der Waals surface area contributed by atoms with Gasteiger partial charge in [-0.2, -0.15) is 0 Å². The van der Waals surface area contributed by atoms with Crippen molar-refractivity contribution in [1.82, 2.24) is 0 Å². The fourth-order valence-corrected chi connectivity index (χ4v) is 1.47. The van der Waals surface area contributed by atoms with Crippen molar-refractivity contribution in [3.63, 3.8) is 0 Å². The van der Waals surface area contributed by atoms with E-state index in [4.69, 9.17) is 0 Å². The van der Waals surface area contributed by atoms with Crippen molar-refractivity contribution in [2.24, 2.45) is 0 Å². The van der Waals surface area contributed by atoms with Crippen molar-refractivity contribution in [1.29, 1.82) is 0 Å². The van der Waals surface area contributed by atoms with E-state index in [1.807, 2.05) is 42.5 Å². The minimum absolute atomic E-state index is 0. The van der Waals surface area contributed by atoms with Gasteiger partial charge >= 0.3 is 51.4 Å². The second-order valence-corrected chi connectivity index (χ2v) is 3.27. The Kier molecular flexibility index (Phi) is 5.57. The standard InChI is InChI=1S/C13H12O.K/c14-13-9-5-4-8-12(13)10-11-6-2-1-3-7-11;/h1-9,14H,10H2;/q;+1/p-1. The molecule has 0 unspecified atom stereocenters. The fourth-order valence-electron chi connectivity index (χ4n) is 1.47. The zero-order valence-corrected chi connectivity index (χ0v) is 11.9. The molecule has 0 saturated heterocycles. The van der Waals surface area contributed by atoms with Gasteiger partial charge in [0.15, 0.2) is 0 Å². The van der Waals surface area contributed by atoms with Gasteiger partial charge in [-0.1, -0.05) is 60.2 Å². The molecule has 0 atom stereocenters. The third kappa shape index (κ3) is 3.74. The Morgan fingerprint density at radius 2 is 1.40 bits per heavy atom. The Hall–Kier alpha value is -0.124. The molecular formula is C13H11KO. The summed E-state index contributed by atoms with van der Waals surface area (Å²) in [5.74, 6) is 0.122. The smallest absolute Gasteiger partial charge is 0.872 e. The number of hydrogen-bond acceptors (Lipinski definition) is 1. The third-order valence-electron chi connectivity index (χ3n) is 2.21. The van der Waals surface area contributed by atoms with E-state index in [1.54, 1.807) is 12.1 Å². The largest absolute Gasteiger partial charge is 1.00 e. The Morgan fingerprint density at radius 3 is 2.07 bits per heavy atom. The van der Waals surface area contributed by atoms with E-state index in [9.17, 15) is 5.11 Å². The van der Waals surface area contributed by atoms with Gasteiger partial charge in [0.05, 0.1) is 0 Å². The van der Waals surface area contributed by atoms with Gasteiger partial charge < -0.3 is 5.11 Å². The molecule has 0 aromatic heterocycles. The zero-order valence-electron chi connectivity index (χ0n) is 8.81. The predicted molar refractivity (Wildman–Crippen MR) is 55.1 cm³/mol. The minimum atomic E-state index is 0. The molecule has 0 N–H and O–H groups in total. The summed E-state index contributed by atoms with van der Waals surface area (Å²) in [6.07, 6.45) is 0.723. The molecule has 0 saturated carbocycles. The van der Waals surface area contributed by atoms with E-state index in [2.05, 4.69) is 0 Å². The molecule has 0 aliphatic rings. The maximum absolute atomic E-state index is 11.4. The fraction of sp³-hybridized carbons (Fsp3) is 0.0769. The van der Waals surface area contributed by atoms with Crippen LogP contribution in [0.2, 0.25) is 0 Å². The summed E-state index contributed by atoms with van der Waals surface area (Å²) < 4.78 is 0. The normalized spacial score (nSPS) is 9.33. The van der Waals surface area contributed by atoms with Crippen LogP contribution in [0.4, 0.5) is 0 Å². The van der Waals surface area contributed by atoms with Crippen molar-refractivity contribution in [2.75, 3.05) is 0 Å². The second kappa shape index (κ2) is 6.46. The SMILES string of the molecule is [K+].[O-]c1ccccc1Cc1ccccc1. The molecule has 0 amide bonds. The first-order chi connectivity index (χ1) is 6.86. The van der Waals surface area contributed by atoms with E-state index in [-0.39, 0.29) is 57.1 Å². The summed E-state index contributed by atoms with van der Waals surface area (Å²) in [5.41, 5.74) is 2.04. The second-order valence-electron chi connectivity index (χ2n) is 3.27. The Bertz CT molecular complexity index is 412. The molecule has 1 nitrogen and oxygen atoms in total. The van der Waals surface area contributed by atoms with Crippen molar-refractivity contribution < 1.29 is 56.5 Å². The molecule has 0 fully saturated rings. The van der Waals surface area contributed by atoms with E-state index in [0.717, 1.165) is 12.0 Å². The van der Waals surface area contributed by atoms with E-state index in [0.29, 0.717) is 0 Å². The molecular weight excluding hydrogens is 211 g/mol. The number of rotatable bonds is 2. The first-order valence-corrected chi connectivity index (χ1v) is 4.65. The summed E-state index contributed by atoms with van der Waals surface area (Å²) in [6.45, 7) is 0. The predicted octanol–water partition coefficient (Wildman–Crippen LogP) is -0.645. The van der Waals surface area contributed by atoms with Crippen LogP contribution in [0.3, 0.4) is 0 Å². The molecule has 0 spiro atoms. The monoisotopic (exact) mass is 222 g/mol. The average molecular weight is 222 g/mol. The van der Waals surface area contributed by atoms with Crippen LogP contribution in [-0.2, 0) is 6.42 Å². The Labute approximate surface area is 133 Å². The number of para-hydroxylation sites is 1. The molecule has 0 radical (unpaired) electrons. The molecule has 2 heteroatoms. The Balaban J connectivity index is 0.00000112. The maximum Gasteiger partial charge on any atom is 1.00 e. The topological polar surface area (TPSA) is 23.1 Å². The van der Waals surface area contributed by atoms with Crippen LogP contribution in [-0.4, -0.2) is 0 Å². The number of benzene rings is 2. The minimum Gasteiger partial charge on any atom is -0.872 e. The van der Waals surface area contributed by atoms with Crippen LogP contribution in [0.25, 0.3) is 0 Å². The molecule has 2 aromatic rings. The maximum atomic E-state index is 11.4. The summed E-state index contributed by atoms with van der Waals surface area (Å²) >= 11 is 0. The van der Waals surface area contributed by atoms with Crippen molar-refractivity contribution >= 4 is 0 Å². The molecule has 2 rings (SSSR count). The Morgan fingerprint density at radius 1 is 0.800 bits per heavy atom. The van der Waals surface area contributed by atoms with Crippen LogP contribution >= 0.6 is 0 Å². The van der Waals surface area contributed by atoms with E-state index < -0.39 is 0 Å². The van der Waals surface area contributed by atoms with E-state index in [1.165, 1.54) is 5.56 Å². The van der Waals surface area contributed by atoms with Gasteiger partial charge in [0.2, 0.25) is 0 Å².